The molecule has 0 radical (unpaired) electrons. The van der Waals surface area contributed by atoms with Crippen molar-refractivity contribution in [2.75, 3.05) is 0 Å². The summed E-state index contributed by atoms with van der Waals surface area (Å²) in [5.74, 6) is 0.564. The summed E-state index contributed by atoms with van der Waals surface area (Å²) in [5.41, 5.74) is 0. The van der Waals surface area contributed by atoms with E-state index >= 15 is 0 Å². The first kappa shape index (κ1) is 11.8. The Hall–Kier alpha value is 1.06. The van der Waals surface area contributed by atoms with Gasteiger partial charge in [0.1, 0.15) is 0 Å². The minimum absolute atomic E-state index is 0. The zero-order valence-electron chi connectivity index (χ0n) is 5.46. The molecule has 8 heavy (non-hydrogen) atoms. The number of alkyl halides is 1. The molecule has 0 aromatic rings. The van der Waals surface area contributed by atoms with Crippen molar-refractivity contribution in [1.82, 2.24) is 0 Å². The van der Waals surface area contributed by atoms with Crippen molar-refractivity contribution >= 4 is 34.7 Å². The van der Waals surface area contributed by atoms with E-state index in [4.69, 9.17) is 11.6 Å². The molecule has 0 aromatic carbocycles. The van der Waals surface area contributed by atoms with Gasteiger partial charge in [0.2, 0.25) is 0 Å². The Kier molecular flexibility index (Phi) is 5.85. The molecule has 0 unspecified atom stereocenters. The molecule has 0 aliphatic rings. The lowest BCUT2D eigenvalue weighted by Gasteiger charge is -2.19. The van der Waals surface area contributed by atoms with Crippen LogP contribution in [0.5, 0.6) is 0 Å². The van der Waals surface area contributed by atoms with E-state index in [1.54, 1.807) is 0 Å². The summed E-state index contributed by atoms with van der Waals surface area (Å²) < 4.78 is 0. The highest BCUT2D eigenvalue weighted by molar-refractivity contribution is 6.23. The van der Waals surface area contributed by atoms with Crippen LogP contribution in [0.2, 0.25) is 0 Å². The predicted octanol–water partition coefficient (Wildman–Crippen LogP) is 1.74. The fourth-order valence-electron chi connectivity index (χ4n) is 0. The summed E-state index contributed by atoms with van der Waals surface area (Å²) in [7, 11) is 0. The first-order chi connectivity index (χ1) is 2.94. The van der Waals surface area contributed by atoms with Gasteiger partial charge in [-0.2, -0.15) is 0 Å². The van der Waals surface area contributed by atoms with Crippen molar-refractivity contribution < 1.29 is 0 Å². The minimum atomic E-state index is -0.0278. The number of halogens is 1. The molecule has 0 spiro atoms. The molecule has 48 valence electrons. The van der Waals surface area contributed by atoms with E-state index in [2.05, 4.69) is 13.8 Å². The van der Waals surface area contributed by atoms with Crippen LogP contribution in [0.3, 0.4) is 0 Å². The molecule has 0 heterocycles. The number of hydrogen-bond acceptors (Lipinski definition) is 0. The van der Waals surface area contributed by atoms with Gasteiger partial charge < -0.3 is 0 Å². The molecule has 0 aromatic heterocycles. The van der Waals surface area contributed by atoms with Crippen molar-refractivity contribution in [3.05, 3.63) is 0 Å². The van der Waals surface area contributed by atoms with Crippen LogP contribution < -0.4 is 0 Å². The molecule has 0 aliphatic heterocycles. The lowest BCUT2D eigenvalue weighted by Crippen LogP contribution is -2.18. The predicted molar refractivity (Wildman–Crippen MR) is 43.3 cm³/mol. The van der Waals surface area contributed by atoms with E-state index in [1.807, 2.05) is 13.8 Å². The molecule has 0 N–H and O–H groups in total. The quantitative estimate of drug-likeness (QED) is 0.391. The topological polar surface area (TPSA) is 0 Å². The Morgan fingerprint density at radius 3 is 1.38 bits per heavy atom. The normalized spacial score (nSPS) is 11.2. The van der Waals surface area contributed by atoms with Gasteiger partial charge >= 0.3 is 23.1 Å². The third kappa shape index (κ3) is 5.20. The van der Waals surface area contributed by atoms with Gasteiger partial charge in [-0.1, -0.05) is 13.8 Å². The van der Waals surface area contributed by atoms with E-state index in [9.17, 15) is 0 Å². The Bertz CT molecular complexity index is 54.0. The third-order valence-corrected chi connectivity index (χ3v) is 1.81. The lowest BCUT2D eigenvalue weighted by atomic mass is 10.00. The van der Waals surface area contributed by atoms with Gasteiger partial charge in [0, 0.05) is 4.87 Å². The summed E-state index contributed by atoms with van der Waals surface area (Å²) in [6.45, 7) is 8.29. The first-order valence-corrected chi connectivity index (χ1v) is 3.01. The van der Waals surface area contributed by atoms with Gasteiger partial charge in [-0.05, 0) is 19.8 Å². The standard InChI is InChI=1S/C6H13Cl.Mg.2H/c1-5(2)6(3,4)7;;;/h5H,1-4H3;;;. The average Bonchev–Trinajstić information content (AvgIpc) is 1.31. The Labute approximate surface area is 73.1 Å². The van der Waals surface area contributed by atoms with E-state index in [0.29, 0.717) is 5.92 Å². The summed E-state index contributed by atoms with van der Waals surface area (Å²) in [4.78, 5) is -0.0278. The molecule has 0 amide bonds. The highest BCUT2D eigenvalue weighted by atomic mass is 35.5. The zero-order chi connectivity index (χ0) is 6.08. The molecule has 0 atom stereocenters. The van der Waals surface area contributed by atoms with Crippen molar-refractivity contribution in [2.24, 2.45) is 5.92 Å². The van der Waals surface area contributed by atoms with Gasteiger partial charge in [0.05, 0.1) is 0 Å². The smallest absolute Gasteiger partial charge is 0.120 e. The van der Waals surface area contributed by atoms with Crippen LogP contribution in [0.1, 0.15) is 27.7 Å². The fraction of sp³-hybridized carbons (Fsp3) is 1.00. The molecular formula is C6H15ClMg. The number of hydrogen-bond donors (Lipinski definition) is 0. The molecular weight excluding hydrogens is 132 g/mol. The summed E-state index contributed by atoms with van der Waals surface area (Å²) in [6, 6.07) is 0. The van der Waals surface area contributed by atoms with Crippen LogP contribution >= 0.6 is 11.6 Å². The van der Waals surface area contributed by atoms with Crippen molar-refractivity contribution in [1.29, 1.82) is 0 Å². The first-order valence-electron chi connectivity index (χ1n) is 2.63. The van der Waals surface area contributed by atoms with E-state index < -0.39 is 0 Å². The maximum Gasteiger partial charge on any atom is 0.316 e. The van der Waals surface area contributed by atoms with Crippen molar-refractivity contribution in [3.63, 3.8) is 0 Å². The van der Waals surface area contributed by atoms with Gasteiger partial charge in [-0.15, -0.1) is 11.6 Å². The van der Waals surface area contributed by atoms with Gasteiger partial charge in [0.25, 0.3) is 0 Å². The molecule has 0 fully saturated rings. The van der Waals surface area contributed by atoms with Gasteiger partial charge in [-0.25, -0.2) is 0 Å². The second-order valence-electron chi connectivity index (χ2n) is 2.72. The van der Waals surface area contributed by atoms with E-state index in [0.717, 1.165) is 0 Å². The van der Waals surface area contributed by atoms with Gasteiger partial charge in [-0.3, -0.25) is 0 Å². The van der Waals surface area contributed by atoms with Crippen LogP contribution in [0, 0.1) is 5.92 Å². The summed E-state index contributed by atoms with van der Waals surface area (Å²) in [6.07, 6.45) is 0. The Balaban J connectivity index is 0. The molecule has 0 nitrogen and oxygen atoms in total. The summed E-state index contributed by atoms with van der Waals surface area (Å²) >= 11 is 5.87. The van der Waals surface area contributed by atoms with E-state index in [1.165, 1.54) is 0 Å². The summed E-state index contributed by atoms with van der Waals surface area (Å²) in [5, 5.41) is 0. The SMILES string of the molecule is CC(C)C(C)(C)Cl.[MgH2]. The highest BCUT2D eigenvalue weighted by Crippen LogP contribution is 2.22. The molecule has 0 aliphatic carbocycles. The largest absolute Gasteiger partial charge is 0.316 e. The van der Waals surface area contributed by atoms with Crippen LogP contribution in [0.25, 0.3) is 0 Å². The van der Waals surface area contributed by atoms with Crippen LogP contribution in [0.4, 0.5) is 0 Å². The number of rotatable bonds is 1. The van der Waals surface area contributed by atoms with Crippen molar-refractivity contribution in [2.45, 2.75) is 32.6 Å². The van der Waals surface area contributed by atoms with E-state index in [-0.39, 0.29) is 27.9 Å². The van der Waals surface area contributed by atoms with Crippen molar-refractivity contribution in [3.8, 4) is 0 Å². The second-order valence-corrected chi connectivity index (χ2v) is 3.69. The van der Waals surface area contributed by atoms with Crippen LogP contribution in [-0.4, -0.2) is 27.9 Å². The monoisotopic (exact) mass is 146 g/mol. The zero-order valence-corrected chi connectivity index (χ0v) is 6.21. The molecule has 0 bridgehead atoms. The average molecular weight is 147 g/mol. The molecule has 0 rings (SSSR count). The third-order valence-electron chi connectivity index (χ3n) is 1.37. The Morgan fingerprint density at radius 1 is 1.25 bits per heavy atom. The van der Waals surface area contributed by atoms with Crippen LogP contribution in [0.15, 0.2) is 0 Å². The molecule has 0 saturated carbocycles. The highest BCUT2D eigenvalue weighted by Gasteiger charge is 2.16. The van der Waals surface area contributed by atoms with Gasteiger partial charge in [0.15, 0.2) is 0 Å². The Morgan fingerprint density at radius 2 is 1.38 bits per heavy atom. The maximum absolute atomic E-state index is 5.87. The second kappa shape index (κ2) is 3.97. The molecule has 0 saturated heterocycles. The molecule has 2 heteroatoms. The minimum Gasteiger partial charge on any atom is -0.120 e. The lowest BCUT2D eigenvalue weighted by molar-refractivity contribution is 0.494. The fourth-order valence-corrected chi connectivity index (χ4v) is 0. The maximum atomic E-state index is 5.87. The van der Waals surface area contributed by atoms with Crippen LogP contribution in [-0.2, 0) is 0 Å².